The summed E-state index contributed by atoms with van der Waals surface area (Å²) in [5.41, 5.74) is 3.35. The molecule has 3 aromatic rings. The van der Waals surface area contributed by atoms with Gasteiger partial charge in [-0.3, -0.25) is 4.79 Å². The predicted octanol–water partition coefficient (Wildman–Crippen LogP) is 4.57. The minimum Gasteiger partial charge on any atom is -0.497 e. The highest BCUT2D eigenvalue weighted by Gasteiger charge is 2.06. The molecule has 0 radical (unpaired) electrons. The molecule has 0 saturated heterocycles. The lowest BCUT2D eigenvalue weighted by Gasteiger charge is -2.11. The first-order chi connectivity index (χ1) is 13.2. The van der Waals surface area contributed by atoms with Gasteiger partial charge in [0.15, 0.2) is 0 Å². The molecule has 0 unspecified atom stereocenters. The van der Waals surface area contributed by atoms with Gasteiger partial charge in [-0.15, -0.1) is 0 Å². The summed E-state index contributed by atoms with van der Waals surface area (Å²) in [4.78, 5) is 12.3. The van der Waals surface area contributed by atoms with E-state index in [2.05, 4.69) is 10.6 Å². The van der Waals surface area contributed by atoms with E-state index in [1.54, 1.807) is 38.5 Å². The number of amides is 1. The van der Waals surface area contributed by atoms with Crippen LogP contribution in [0.1, 0.15) is 15.9 Å². The third-order valence-corrected chi connectivity index (χ3v) is 4.17. The van der Waals surface area contributed by atoms with Crippen LogP contribution in [0.3, 0.4) is 0 Å². The van der Waals surface area contributed by atoms with Crippen LogP contribution in [0.25, 0.3) is 0 Å². The molecule has 0 heterocycles. The number of carbonyl (C=O) groups is 1. The molecule has 5 nitrogen and oxygen atoms in total. The van der Waals surface area contributed by atoms with Crippen LogP contribution >= 0.6 is 0 Å². The topological polar surface area (TPSA) is 59.6 Å². The molecule has 0 bridgehead atoms. The zero-order chi connectivity index (χ0) is 19.1. The highest BCUT2D eigenvalue weighted by Crippen LogP contribution is 2.20. The monoisotopic (exact) mass is 362 g/mol. The molecule has 0 aromatic heterocycles. The molecule has 0 aliphatic heterocycles. The van der Waals surface area contributed by atoms with Gasteiger partial charge >= 0.3 is 0 Å². The van der Waals surface area contributed by atoms with Crippen LogP contribution in [-0.4, -0.2) is 20.1 Å². The molecule has 2 N–H and O–H groups in total. The van der Waals surface area contributed by atoms with Crippen LogP contribution < -0.4 is 20.1 Å². The fraction of sp³-hybridized carbons (Fsp3) is 0.136. The summed E-state index contributed by atoms with van der Waals surface area (Å²) < 4.78 is 10.5. The number of para-hydroxylation sites is 1. The number of methoxy groups -OCH3 is 2. The fourth-order valence-corrected chi connectivity index (χ4v) is 2.66. The molecule has 0 aliphatic carbocycles. The molecule has 5 heteroatoms. The van der Waals surface area contributed by atoms with Crippen molar-refractivity contribution in [2.75, 3.05) is 24.9 Å². The minimum absolute atomic E-state index is 0.160. The molecule has 3 rings (SSSR count). The maximum absolute atomic E-state index is 12.3. The van der Waals surface area contributed by atoms with Crippen molar-refractivity contribution >= 4 is 17.3 Å². The average Bonchev–Trinajstić information content (AvgIpc) is 2.73. The second-order valence-corrected chi connectivity index (χ2v) is 5.93. The van der Waals surface area contributed by atoms with Gasteiger partial charge in [0, 0.05) is 29.0 Å². The quantitative estimate of drug-likeness (QED) is 0.646. The molecule has 0 spiro atoms. The van der Waals surface area contributed by atoms with E-state index < -0.39 is 0 Å². The highest BCUT2D eigenvalue weighted by atomic mass is 16.5. The van der Waals surface area contributed by atoms with Gasteiger partial charge in [-0.05, 0) is 54.6 Å². The molecule has 1 amide bonds. The lowest BCUT2D eigenvalue weighted by molar-refractivity contribution is 0.102. The Morgan fingerprint density at radius 2 is 1.48 bits per heavy atom. The normalized spacial score (nSPS) is 10.1. The van der Waals surface area contributed by atoms with Gasteiger partial charge in [-0.2, -0.15) is 0 Å². The third kappa shape index (κ3) is 4.79. The zero-order valence-corrected chi connectivity index (χ0v) is 15.4. The summed E-state index contributed by atoms with van der Waals surface area (Å²) >= 11 is 0. The maximum Gasteiger partial charge on any atom is 0.255 e. The average molecular weight is 362 g/mol. The Balaban J connectivity index is 1.58. The molecule has 138 valence electrons. The van der Waals surface area contributed by atoms with Crippen LogP contribution in [0.4, 0.5) is 11.4 Å². The van der Waals surface area contributed by atoms with Crippen molar-refractivity contribution < 1.29 is 14.3 Å². The molecular formula is C22H22N2O3. The Labute approximate surface area is 158 Å². The van der Waals surface area contributed by atoms with Crippen molar-refractivity contribution in [3.8, 4) is 11.5 Å². The van der Waals surface area contributed by atoms with Crippen molar-refractivity contribution in [1.82, 2.24) is 0 Å². The van der Waals surface area contributed by atoms with Gasteiger partial charge in [0.25, 0.3) is 5.91 Å². The third-order valence-electron chi connectivity index (χ3n) is 4.17. The first-order valence-corrected chi connectivity index (χ1v) is 8.61. The Hall–Kier alpha value is -3.47. The summed E-state index contributed by atoms with van der Waals surface area (Å²) in [6, 6.07) is 22.5. The number of benzene rings is 3. The highest BCUT2D eigenvalue weighted by molar-refractivity contribution is 6.04. The van der Waals surface area contributed by atoms with Gasteiger partial charge in [0.2, 0.25) is 0 Å². The number of rotatable bonds is 7. The van der Waals surface area contributed by atoms with E-state index in [-0.39, 0.29) is 5.91 Å². The van der Waals surface area contributed by atoms with E-state index in [1.807, 2.05) is 48.5 Å². The van der Waals surface area contributed by atoms with Gasteiger partial charge in [0.05, 0.1) is 14.2 Å². The number of hydrogen-bond acceptors (Lipinski definition) is 4. The lowest BCUT2D eigenvalue weighted by Crippen LogP contribution is -2.11. The fourth-order valence-electron chi connectivity index (χ4n) is 2.66. The van der Waals surface area contributed by atoms with E-state index >= 15 is 0 Å². The second-order valence-electron chi connectivity index (χ2n) is 5.93. The van der Waals surface area contributed by atoms with Crippen LogP contribution in [0.5, 0.6) is 11.5 Å². The first-order valence-electron chi connectivity index (χ1n) is 8.61. The standard InChI is InChI=1S/C22H22N2O3/c1-26-20-13-7-16(8-14-20)22(25)24-19-11-9-18(10-12-19)23-15-17-5-3-4-6-21(17)27-2/h3-14,23H,15H2,1-2H3,(H,24,25). The largest absolute Gasteiger partial charge is 0.497 e. The van der Waals surface area contributed by atoms with E-state index in [1.165, 1.54) is 0 Å². The number of anilines is 2. The van der Waals surface area contributed by atoms with Gasteiger partial charge in [-0.1, -0.05) is 18.2 Å². The van der Waals surface area contributed by atoms with E-state index in [9.17, 15) is 4.79 Å². The molecular weight excluding hydrogens is 340 g/mol. The summed E-state index contributed by atoms with van der Waals surface area (Å²) in [5, 5.41) is 6.24. The van der Waals surface area contributed by atoms with Crippen molar-refractivity contribution in [2.45, 2.75) is 6.54 Å². The van der Waals surface area contributed by atoms with Crippen molar-refractivity contribution in [1.29, 1.82) is 0 Å². The summed E-state index contributed by atoms with van der Waals surface area (Å²) in [6.45, 7) is 0.654. The van der Waals surface area contributed by atoms with E-state index in [0.717, 1.165) is 28.4 Å². The predicted molar refractivity (Wildman–Crippen MR) is 108 cm³/mol. The second kappa shape index (κ2) is 8.76. The number of hydrogen-bond donors (Lipinski definition) is 2. The lowest BCUT2D eigenvalue weighted by atomic mass is 10.2. The van der Waals surface area contributed by atoms with Gasteiger partial charge in [-0.25, -0.2) is 0 Å². The Kier molecular flexibility index (Phi) is 5.94. The molecule has 0 atom stereocenters. The van der Waals surface area contributed by atoms with Crippen molar-refractivity contribution in [2.24, 2.45) is 0 Å². The Morgan fingerprint density at radius 3 is 2.15 bits per heavy atom. The van der Waals surface area contributed by atoms with E-state index in [4.69, 9.17) is 9.47 Å². The Bertz CT molecular complexity index is 890. The van der Waals surface area contributed by atoms with Gasteiger partial charge in [0.1, 0.15) is 11.5 Å². The molecule has 3 aromatic carbocycles. The van der Waals surface area contributed by atoms with Crippen LogP contribution in [0.15, 0.2) is 72.8 Å². The first kappa shape index (κ1) is 18.3. The van der Waals surface area contributed by atoms with Crippen LogP contribution in [0, 0.1) is 0 Å². The van der Waals surface area contributed by atoms with Crippen molar-refractivity contribution in [3.05, 3.63) is 83.9 Å². The van der Waals surface area contributed by atoms with Gasteiger partial charge < -0.3 is 20.1 Å². The SMILES string of the molecule is COc1ccc(C(=O)Nc2ccc(NCc3ccccc3OC)cc2)cc1. The number of nitrogens with one attached hydrogen (secondary N) is 2. The minimum atomic E-state index is -0.160. The van der Waals surface area contributed by atoms with Crippen molar-refractivity contribution in [3.63, 3.8) is 0 Å². The molecule has 0 aliphatic rings. The Morgan fingerprint density at radius 1 is 0.815 bits per heavy atom. The summed E-state index contributed by atoms with van der Waals surface area (Å²) in [6.07, 6.45) is 0. The summed E-state index contributed by atoms with van der Waals surface area (Å²) in [5.74, 6) is 1.41. The van der Waals surface area contributed by atoms with Crippen LogP contribution in [-0.2, 0) is 6.54 Å². The maximum atomic E-state index is 12.3. The summed E-state index contributed by atoms with van der Waals surface area (Å²) in [7, 11) is 3.26. The molecule has 27 heavy (non-hydrogen) atoms. The van der Waals surface area contributed by atoms with Crippen LogP contribution in [0.2, 0.25) is 0 Å². The molecule has 0 fully saturated rings. The zero-order valence-electron chi connectivity index (χ0n) is 15.4. The number of carbonyl (C=O) groups excluding carboxylic acids is 1. The smallest absolute Gasteiger partial charge is 0.255 e. The van der Waals surface area contributed by atoms with E-state index in [0.29, 0.717) is 12.1 Å². The molecule has 0 saturated carbocycles. The number of ether oxygens (including phenoxy) is 2.